The van der Waals surface area contributed by atoms with Crippen molar-refractivity contribution in [2.24, 2.45) is 5.10 Å². The van der Waals surface area contributed by atoms with E-state index in [0.29, 0.717) is 38.3 Å². The fourth-order valence-electron chi connectivity index (χ4n) is 5.04. The number of rotatable bonds is 5. The van der Waals surface area contributed by atoms with Crippen LogP contribution in [0.1, 0.15) is 34.7 Å². The molecule has 5 rings (SSSR count). The predicted octanol–water partition coefficient (Wildman–Crippen LogP) is 5.08. The second-order valence-corrected chi connectivity index (χ2v) is 9.59. The van der Waals surface area contributed by atoms with E-state index in [1.165, 1.54) is 18.2 Å². The molecule has 5 nitrogen and oxygen atoms in total. The fourth-order valence-corrected chi connectivity index (χ4v) is 5.04. The molecule has 2 aliphatic rings. The highest BCUT2D eigenvalue weighted by atomic mass is 19.1. The number of carbonyl (C=O) groups excluding carboxylic acids is 1. The first kappa shape index (κ1) is 24.1. The standard InChI is InChI=1S/C29H30F2N4O/c1-20-7-8-21(2)24(17-20)28-18-26(22-9-11-23(30)12-10-22)32-35(28)29(36)19-33-13-15-34(16-14-33)27-6-4-3-5-25(27)31/h3-12,17,28H,13-16,18-19H2,1-2H3. The lowest BCUT2D eigenvalue weighted by atomic mass is 9.94. The van der Waals surface area contributed by atoms with Gasteiger partial charge in [0, 0.05) is 32.6 Å². The zero-order chi connectivity index (χ0) is 25.2. The summed E-state index contributed by atoms with van der Waals surface area (Å²) in [6, 6.07) is 19.1. The molecule has 0 saturated carbocycles. The molecule has 0 N–H and O–H groups in total. The van der Waals surface area contributed by atoms with Crippen LogP contribution in [0.15, 0.2) is 71.8 Å². The molecule has 0 bridgehead atoms. The molecule has 3 aromatic rings. The molecule has 1 saturated heterocycles. The Kier molecular flexibility index (Phi) is 6.83. The van der Waals surface area contributed by atoms with Crippen molar-refractivity contribution in [1.29, 1.82) is 0 Å². The van der Waals surface area contributed by atoms with Crippen molar-refractivity contribution >= 4 is 17.3 Å². The Morgan fingerprint density at radius 2 is 1.67 bits per heavy atom. The van der Waals surface area contributed by atoms with E-state index in [2.05, 4.69) is 30.0 Å². The summed E-state index contributed by atoms with van der Waals surface area (Å²) in [4.78, 5) is 17.7. The molecular formula is C29H30F2N4O. The summed E-state index contributed by atoms with van der Waals surface area (Å²) < 4.78 is 27.7. The minimum absolute atomic E-state index is 0.0719. The smallest absolute Gasteiger partial charge is 0.257 e. The highest BCUT2D eigenvalue weighted by molar-refractivity contribution is 6.03. The van der Waals surface area contributed by atoms with Crippen molar-refractivity contribution in [3.05, 3.63) is 101 Å². The Morgan fingerprint density at radius 1 is 0.944 bits per heavy atom. The van der Waals surface area contributed by atoms with Crippen LogP contribution in [0.4, 0.5) is 14.5 Å². The first-order valence-corrected chi connectivity index (χ1v) is 12.3. The van der Waals surface area contributed by atoms with E-state index in [0.717, 1.165) is 28.0 Å². The zero-order valence-corrected chi connectivity index (χ0v) is 20.6. The van der Waals surface area contributed by atoms with E-state index in [1.54, 1.807) is 29.3 Å². The number of carbonyl (C=O) groups is 1. The van der Waals surface area contributed by atoms with Gasteiger partial charge in [-0.2, -0.15) is 5.10 Å². The van der Waals surface area contributed by atoms with Crippen molar-refractivity contribution in [3.8, 4) is 0 Å². The maximum Gasteiger partial charge on any atom is 0.257 e. The number of hydrogen-bond acceptors (Lipinski definition) is 4. The van der Waals surface area contributed by atoms with E-state index in [1.807, 2.05) is 17.9 Å². The Bertz CT molecular complexity index is 1280. The molecule has 1 amide bonds. The summed E-state index contributed by atoms with van der Waals surface area (Å²) in [5, 5.41) is 6.36. The first-order valence-electron chi connectivity index (χ1n) is 12.3. The molecule has 0 spiro atoms. The quantitative estimate of drug-likeness (QED) is 0.503. The van der Waals surface area contributed by atoms with Gasteiger partial charge < -0.3 is 4.90 Å². The van der Waals surface area contributed by atoms with Gasteiger partial charge in [-0.25, -0.2) is 13.8 Å². The van der Waals surface area contributed by atoms with Gasteiger partial charge in [0.2, 0.25) is 0 Å². The molecule has 0 radical (unpaired) electrons. The number of hydrogen-bond donors (Lipinski definition) is 0. The van der Waals surface area contributed by atoms with Gasteiger partial charge in [0.05, 0.1) is 24.0 Å². The number of hydrazone groups is 1. The minimum Gasteiger partial charge on any atom is -0.367 e. The Hall–Kier alpha value is -3.58. The summed E-state index contributed by atoms with van der Waals surface area (Å²) in [5.41, 5.74) is 5.51. The lowest BCUT2D eigenvalue weighted by Gasteiger charge is -2.36. The summed E-state index contributed by atoms with van der Waals surface area (Å²) in [5.74, 6) is -0.596. The molecule has 2 heterocycles. The second kappa shape index (κ2) is 10.2. The molecule has 1 unspecified atom stereocenters. The van der Waals surface area contributed by atoms with Gasteiger partial charge in [0.15, 0.2) is 0 Å². The van der Waals surface area contributed by atoms with Gasteiger partial charge in [-0.05, 0) is 54.8 Å². The number of nitrogens with zero attached hydrogens (tertiary/aromatic N) is 4. The largest absolute Gasteiger partial charge is 0.367 e. The normalized spacial score (nSPS) is 18.4. The number of anilines is 1. The predicted molar refractivity (Wildman–Crippen MR) is 138 cm³/mol. The maximum absolute atomic E-state index is 14.2. The number of piperazine rings is 1. The van der Waals surface area contributed by atoms with Crippen molar-refractivity contribution in [1.82, 2.24) is 9.91 Å². The summed E-state index contributed by atoms with van der Waals surface area (Å²) in [7, 11) is 0. The van der Waals surface area contributed by atoms with Gasteiger partial charge in [0.1, 0.15) is 11.6 Å². The van der Waals surface area contributed by atoms with E-state index < -0.39 is 0 Å². The van der Waals surface area contributed by atoms with Crippen LogP contribution in [0, 0.1) is 25.5 Å². The van der Waals surface area contributed by atoms with Gasteiger partial charge in [0.25, 0.3) is 5.91 Å². The number of halogens is 2. The van der Waals surface area contributed by atoms with Crippen LogP contribution in [0.5, 0.6) is 0 Å². The van der Waals surface area contributed by atoms with E-state index in [-0.39, 0.29) is 30.1 Å². The van der Waals surface area contributed by atoms with Crippen molar-refractivity contribution in [2.75, 3.05) is 37.6 Å². The maximum atomic E-state index is 14.2. The van der Waals surface area contributed by atoms with Gasteiger partial charge in [-0.1, -0.05) is 48.0 Å². The summed E-state index contributed by atoms with van der Waals surface area (Å²) in [6.07, 6.45) is 0.572. The molecular weight excluding hydrogens is 458 g/mol. The number of para-hydroxylation sites is 1. The fraction of sp³-hybridized carbons (Fsp3) is 0.310. The van der Waals surface area contributed by atoms with Crippen LogP contribution in [0.2, 0.25) is 0 Å². The third-order valence-corrected chi connectivity index (χ3v) is 7.06. The zero-order valence-electron chi connectivity index (χ0n) is 20.6. The van der Waals surface area contributed by atoms with Crippen LogP contribution < -0.4 is 4.90 Å². The molecule has 3 aromatic carbocycles. The topological polar surface area (TPSA) is 39.2 Å². The number of aryl methyl sites for hydroxylation is 2. The summed E-state index contributed by atoms with van der Waals surface area (Å²) in [6.45, 7) is 6.97. The third kappa shape index (κ3) is 5.02. The van der Waals surface area contributed by atoms with Crippen LogP contribution in [-0.4, -0.2) is 54.3 Å². The molecule has 0 aliphatic carbocycles. The van der Waals surface area contributed by atoms with Crippen LogP contribution >= 0.6 is 0 Å². The van der Waals surface area contributed by atoms with E-state index >= 15 is 0 Å². The Labute approximate surface area is 210 Å². The molecule has 1 fully saturated rings. The lowest BCUT2D eigenvalue weighted by Crippen LogP contribution is -2.49. The first-order chi connectivity index (χ1) is 17.4. The molecule has 0 aromatic heterocycles. The highest BCUT2D eigenvalue weighted by Crippen LogP contribution is 2.35. The van der Waals surface area contributed by atoms with E-state index in [4.69, 9.17) is 5.10 Å². The third-order valence-electron chi connectivity index (χ3n) is 7.06. The van der Waals surface area contributed by atoms with Gasteiger partial charge in [-0.15, -0.1) is 0 Å². The van der Waals surface area contributed by atoms with Crippen LogP contribution in [-0.2, 0) is 4.79 Å². The molecule has 2 aliphatic heterocycles. The van der Waals surface area contributed by atoms with E-state index in [9.17, 15) is 13.6 Å². The average Bonchev–Trinajstić information content (AvgIpc) is 3.32. The molecule has 36 heavy (non-hydrogen) atoms. The molecule has 186 valence electrons. The van der Waals surface area contributed by atoms with Crippen LogP contribution in [0.3, 0.4) is 0 Å². The van der Waals surface area contributed by atoms with Crippen LogP contribution in [0.25, 0.3) is 0 Å². The lowest BCUT2D eigenvalue weighted by molar-refractivity contribution is -0.134. The number of benzene rings is 3. The molecule has 7 heteroatoms. The monoisotopic (exact) mass is 488 g/mol. The second-order valence-electron chi connectivity index (χ2n) is 9.59. The van der Waals surface area contributed by atoms with Gasteiger partial charge in [-0.3, -0.25) is 9.69 Å². The minimum atomic E-state index is -0.300. The molecule has 1 atom stereocenters. The highest BCUT2D eigenvalue weighted by Gasteiger charge is 2.35. The number of amides is 1. The van der Waals surface area contributed by atoms with Crippen molar-refractivity contribution in [3.63, 3.8) is 0 Å². The Balaban J connectivity index is 1.33. The average molecular weight is 489 g/mol. The Morgan fingerprint density at radius 3 is 2.39 bits per heavy atom. The van der Waals surface area contributed by atoms with Crippen molar-refractivity contribution in [2.45, 2.75) is 26.3 Å². The van der Waals surface area contributed by atoms with Crippen molar-refractivity contribution < 1.29 is 13.6 Å². The van der Waals surface area contributed by atoms with Gasteiger partial charge >= 0.3 is 0 Å². The summed E-state index contributed by atoms with van der Waals surface area (Å²) >= 11 is 0. The SMILES string of the molecule is Cc1ccc(C)c(C2CC(c3ccc(F)cc3)=NN2C(=O)CN2CCN(c3ccccc3F)CC2)c1.